The Balaban J connectivity index is 0.000000616. The highest BCUT2D eigenvalue weighted by Gasteiger charge is 2.05. The number of thiazole rings is 2. The number of morpholine rings is 1. The van der Waals surface area contributed by atoms with Gasteiger partial charge in [0, 0.05) is 156 Å². The van der Waals surface area contributed by atoms with Crippen LogP contribution in [0.15, 0.2) is 126 Å². The van der Waals surface area contributed by atoms with Crippen LogP contribution in [0.3, 0.4) is 0 Å². The highest BCUT2D eigenvalue weighted by molar-refractivity contribution is 7.11. The minimum absolute atomic E-state index is 0.243. The number of ether oxygens (including phenoxy) is 1. The molecule has 2 aliphatic rings. The van der Waals surface area contributed by atoms with E-state index in [0.717, 1.165) is 142 Å². The van der Waals surface area contributed by atoms with Gasteiger partial charge in [-0.15, -0.1) is 27.8 Å². The number of hydrogen-bond acceptors (Lipinski definition) is 25. The van der Waals surface area contributed by atoms with Crippen molar-refractivity contribution in [2.75, 3.05) is 66.6 Å². The van der Waals surface area contributed by atoms with E-state index in [1.54, 1.807) is 79.3 Å². The third-order valence-electron chi connectivity index (χ3n) is 17.2. The minimum atomic E-state index is -0.243. The van der Waals surface area contributed by atoms with Crippen molar-refractivity contribution in [2.45, 2.75) is 180 Å². The Morgan fingerprint density at radius 1 is 0.461 bits per heavy atom. The summed E-state index contributed by atoms with van der Waals surface area (Å²) in [4.78, 5) is 59.1. The van der Waals surface area contributed by atoms with Gasteiger partial charge in [0.1, 0.15) is 35.3 Å². The molecule has 30 heteroatoms. The fourth-order valence-corrected chi connectivity index (χ4v) is 9.84. The van der Waals surface area contributed by atoms with Crippen LogP contribution in [0.4, 0.5) is 4.39 Å². The summed E-state index contributed by atoms with van der Waals surface area (Å²) in [6.45, 7) is 60.2. The Morgan fingerprint density at radius 2 is 1.05 bits per heavy atom. The smallest absolute Gasteiger partial charge is 0.144 e. The average molecular weight is 1670 g/mol. The molecule has 24 nitrogen and oxygen atoms in total. The maximum atomic E-state index is 12.3. The zero-order chi connectivity index (χ0) is 86.5. The average Bonchev–Trinajstić information content (AvgIpc) is 1.88. The van der Waals surface area contributed by atoms with E-state index in [4.69, 9.17) is 37.0 Å². The summed E-state index contributed by atoms with van der Waals surface area (Å²) in [5.74, 6) is 3.48. The van der Waals surface area contributed by atoms with Crippen molar-refractivity contribution >= 4 is 57.4 Å². The molecule has 13 aromatic rings. The third-order valence-corrected chi connectivity index (χ3v) is 20.6. The number of pyridine rings is 4. The van der Waals surface area contributed by atoms with Crippen LogP contribution in [0, 0.1) is 186 Å². The zero-order valence-corrected chi connectivity index (χ0v) is 77.2. The van der Waals surface area contributed by atoms with Crippen LogP contribution in [-0.2, 0) is 11.8 Å². The first-order valence-corrected chi connectivity index (χ1v) is 40.5. The van der Waals surface area contributed by atoms with Gasteiger partial charge in [-0.3, -0.25) is 19.9 Å². The molecule has 15 heterocycles. The van der Waals surface area contributed by atoms with Gasteiger partial charge in [0.15, 0.2) is 0 Å². The highest BCUT2D eigenvalue weighted by atomic mass is 35.5. The topological polar surface area (TPSA) is 281 Å². The Kier molecular flexibility index (Phi) is 53.6. The first-order valence-electron chi connectivity index (χ1n) is 37.3. The van der Waals surface area contributed by atoms with Crippen LogP contribution in [0.5, 0.6) is 0 Å². The summed E-state index contributed by atoms with van der Waals surface area (Å²) in [6, 6.07) is 9.64. The predicted molar refractivity (Wildman–Crippen MR) is 472 cm³/mol. The lowest BCUT2D eigenvalue weighted by Gasteiger charge is -2.21. The van der Waals surface area contributed by atoms with E-state index in [0.29, 0.717) is 15.6 Å². The van der Waals surface area contributed by atoms with Crippen molar-refractivity contribution in [3.05, 3.63) is 277 Å². The summed E-state index contributed by atoms with van der Waals surface area (Å²) in [7, 11) is 6.24. The molecule has 2 fully saturated rings. The van der Waals surface area contributed by atoms with Crippen LogP contribution in [0.25, 0.3) is 0 Å². The monoisotopic (exact) mass is 1670 g/mol. The number of nitrogens with zero attached hydrogens (tertiary/aromatic N) is 19. The lowest BCUT2D eigenvalue weighted by atomic mass is 10.2. The van der Waals surface area contributed by atoms with Crippen LogP contribution < -0.4 is 5.32 Å². The summed E-state index contributed by atoms with van der Waals surface area (Å²) in [5, 5.41) is 16.7. The summed E-state index contributed by atoms with van der Waals surface area (Å²) >= 11 is 16.2. The Hall–Kier alpha value is -9.23. The molecule has 0 radical (unpaired) electrons. The lowest BCUT2D eigenvalue weighted by molar-refractivity contribution is 0.0503. The van der Waals surface area contributed by atoms with Crippen molar-refractivity contribution in [1.82, 2.24) is 104 Å². The van der Waals surface area contributed by atoms with E-state index >= 15 is 0 Å². The summed E-state index contributed by atoms with van der Waals surface area (Å²) in [5.41, 5.74) is 21.4. The molecule has 15 rings (SSSR count). The van der Waals surface area contributed by atoms with Crippen LogP contribution in [0.1, 0.15) is 144 Å². The SMILES string of the molecule is CN1CCNCC1.CN1CCOCC1.Cc1c(Cl)cncc1Cl.Cc1cccnc1C.Cc1cccnc1C.Cc1ccncc1F.Cc1cncnc1C.Cc1cnoc1C.Cc1nc(C)c(C)s1.Cc1nc[nH]c1C.Cc1ncc(C)c(C)n1.Cc1nccn1C.Cc1ncsc1C.Cc1nnsc1C.Cc1noc(C)c1C. The number of aryl methyl sites for hydroxylation is 25. The van der Waals surface area contributed by atoms with Crippen LogP contribution in [0.2, 0.25) is 10.0 Å². The second-order valence-corrected chi connectivity index (χ2v) is 30.8. The maximum Gasteiger partial charge on any atom is 0.144 e. The van der Waals surface area contributed by atoms with Crippen LogP contribution in [-0.4, -0.2) is 166 Å². The van der Waals surface area contributed by atoms with Gasteiger partial charge in [0.2, 0.25) is 0 Å². The number of likely N-dealkylation sites (N-methyl/N-ethyl adjacent to an activating group) is 2. The van der Waals surface area contributed by atoms with E-state index in [2.05, 4.69) is 154 Å². The van der Waals surface area contributed by atoms with Crippen molar-refractivity contribution in [3.8, 4) is 0 Å². The van der Waals surface area contributed by atoms with Crippen molar-refractivity contribution < 1.29 is 18.2 Å². The molecular formula is C85H124Cl2FN21O3S3. The molecule has 2 N–H and O–H groups in total. The fourth-order valence-electron chi connectivity index (χ4n) is 7.60. The number of aromatic amines is 1. The second-order valence-electron chi connectivity index (χ2n) is 26.6. The molecule has 2 aliphatic heterocycles. The first kappa shape index (κ1) is 104. The lowest BCUT2D eigenvalue weighted by Crippen LogP contribution is -2.40. The highest BCUT2D eigenvalue weighted by Crippen LogP contribution is 2.21. The number of nitrogens with one attached hydrogen (secondary N) is 2. The van der Waals surface area contributed by atoms with E-state index in [1.807, 2.05) is 206 Å². The molecule has 0 aliphatic carbocycles. The van der Waals surface area contributed by atoms with Gasteiger partial charge in [-0.1, -0.05) is 50.1 Å². The summed E-state index contributed by atoms with van der Waals surface area (Å²) < 4.78 is 32.6. The molecule has 0 saturated carbocycles. The molecule has 0 aromatic carbocycles. The molecular weight excluding hydrogens is 1550 g/mol. The van der Waals surface area contributed by atoms with Gasteiger partial charge >= 0.3 is 0 Å². The number of imidazole rings is 2. The fraction of sp³-hybridized carbons (Fsp3) is 0.435. The molecule has 626 valence electrons. The van der Waals surface area contributed by atoms with Gasteiger partial charge in [-0.2, -0.15) is 0 Å². The maximum absolute atomic E-state index is 12.3. The number of hydrogen-bond donors (Lipinski definition) is 2. The minimum Gasteiger partial charge on any atom is -0.379 e. The third kappa shape index (κ3) is 47.4. The largest absolute Gasteiger partial charge is 0.379 e. The molecule has 0 unspecified atom stereocenters. The molecule has 0 atom stereocenters. The number of piperazine rings is 1. The van der Waals surface area contributed by atoms with Gasteiger partial charge in [0.25, 0.3) is 0 Å². The molecule has 2 saturated heterocycles. The Morgan fingerprint density at radius 3 is 1.29 bits per heavy atom. The normalized spacial score (nSPS) is 11.4. The van der Waals surface area contributed by atoms with Gasteiger partial charge in [-0.25, -0.2) is 44.3 Å². The van der Waals surface area contributed by atoms with Crippen molar-refractivity contribution in [2.24, 2.45) is 7.05 Å². The van der Waals surface area contributed by atoms with Gasteiger partial charge in [0.05, 0.1) is 81.0 Å². The van der Waals surface area contributed by atoms with E-state index < -0.39 is 0 Å². The molecule has 0 spiro atoms. The van der Waals surface area contributed by atoms with Gasteiger partial charge < -0.3 is 38.5 Å². The van der Waals surface area contributed by atoms with E-state index in [-0.39, 0.29) is 5.82 Å². The Labute approximate surface area is 705 Å². The molecule has 115 heavy (non-hydrogen) atoms. The van der Waals surface area contributed by atoms with Crippen LogP contribution >= 0.6 is 57.4 Å². The first-order chi connectivity index (χ1) is 54.4. The number of H-pyrrole nitrogens is 1. The quantitative estimate of drug-likeness (QED) is 0.143. The number of aromatic nitrogens is 18. The summed E-state index contributed by atoms with van der Waals surface area (Å²) in [6.07, 6.45) is 21.9. The standard InChI is InChI=1S/C7H10N2.2C7H9N.C6H5Cl2N.C6H6FN.C6H8N2.C6H9NO.C6H9NS.C5H8N2.C5H12N2.C5H8N2.C5H11NO.C5H7NO.C5H7NS.C4H6N2S/c1-5-4-8-7(3)9-6(5)2;2*1-6-4-3-5-8-7(6)2;1-4-5(7)2-9-3-6(4)8;1-5-2-3-8-4-6(5)7;1-5-3-7-4-8-6(5)2;1-4-5(2)7-8-6(4)3;1-4-5(2)8-6(3)7-4;1-5-6-3-4-7(5)2;1-7-4-2-6-3-5-7;1-4-5(2)7-3-6-4;1-6-2-4-7-5-3-6;1-4-3-6-7-5(4)2;1-4-5(2)7-3-6-4;1-3-4(2)7-6-5-3/h4H,1-3H3;2*3-5H,1-2H3;2-3H,1H3;2-4H,1H3;3-4H,1-2H3;2*1-3H3;3-4H,1-2H3;6H,2-5H2,1H3;3H,1-2H3,(H,6,7);2-5H2,1H3;2*3H,1-2H3;1-2H3. The Bertz CT molecular complexity index is 4080. The predicted octanol–water partition coefficient (Wildman–Crippen LogP) is 19.2. The van der Waals surface area contributed by atoms with Crippen molar-refractivity contribution in [1.29, 1.82) is 0 Å². The van der Waals surface area contributed by atoms with Gasteiger partial charge in [-0.05, 0) is 257 Å². The molecule has 13 aromatic heterocycles. The van der Waals surface area contributed by atoms with Crippen molar-refractivity contribution in [3.63, 3.8) is 0 Å². The number of halogens is 3. The second kappa shape index (κ2) is 59.4. The zero-order valence-electron chi connectivity index (χ0n) is 73.2. The van der Waals surface area contributed by atoms with E-state index in [1.165, 1.54) is 67.3 Å². The van der Waals surface area contributed by atoms with E-state index in [9.17, 15) is 4.39 Å². The molecule has 0 bridgehead atoms. The number of rotatable bonds is 0. The molecule has 0 amide bonds.